The van der Waals surface area contributed by atoms with Crippen molar-refractivity contribution in [1.82, 2.24) is 0 Å². The van der Waals surface area contributed by atoms with Gasteiger partial charge in [-0.05, 0) is 12.1 Å². The Morgan fingerprint density at radius 2 is 0.848 bits per heavy atom. The second-order valence-corrected chi connectivity index (χ2v) is 10.6. The van der Waals surface area contributed by atoms with Gasteiger partial charge in [-0.15, -0.1) is 0 Å². The van der Waals surface area contributed by atoms with Crippen LogP contribution in [0.4, 0.5) is 0 Å². The Kier molecular flexibility index (Phi) is 25.8. The maximum absolute atomic E-state index is 12.0. The van der Waals surface area contributed by atoms with Crippen molar-refractivity contribution >= 4 is 27.8 Å². The highest BCUT2D eigenvalue weighted by Crippen LogP contribution is 2.10. The summed E-state index contributed by atoms with van der Waals surface area (Å²) in [5.74, 6) is -3.26. The van der Waals surface area contributed by atoms with Crippen LogP contribution in [0.1, 0.15) is 12.8 Å². The Balaban J connectivity index is 1.71. The predicted molar refractivity (Wildman–Crippen MR) is 159 cm³/mol. The van der Waals surface area contributed by atoms with Gasteiger partial charge in [0.15, 0.2) is 0 Å². The van der Waals surface area contributed by atoms with E-state index in [-0.39, 0.29) is 37.7 Å². The second kappa shape index (κ2) is 28.6. The van der Waals surface area contributed by atoms with Crippen molar-refractivity contribution in [1.29, 1.82) is 0 Å². The number of ether oxygens (including phenoxy) is 9. The van der Waals surface area contributed by atoms with Crippen molar-refractivity contribution in [3.8, 4) is 0 Å². The van der Waals surface area contributed by atoms with Gasteiger partial charge in [0.1, 0.15) is 6.61 Å². The van der Waals surface area contributed by atoms with Gasteiger partial charge in [0.05, 0.1) is 124 Å². The van der Waals surface area contributed by atoms with Crippen LogP contribution in [0.25, 0.3) is 0 Å². The summed E-state index contributed by atoms with van der Waals surface area (Å²) in [6.07, 6.45) is -0.676. The topological polar surface area (TPSA) is 198 Å². The average Bonchev–Trinajstić information content (AvgIpc) is 3.05. The number of esters is 1. The zero-order valence-corrected chi connectivity index (χ0v) is 26.8. The second-order valence-electron chi connectivity index (χ2n) is 8.94. The van der Waals surface area contributed by atoms with Crippen molar-refractivity contribution < 1.29 is 74.7 Å². The zero-order chi connectivity index (χ0) is 33.6. The molecule has 46 heavy (non-hydrogen) atoms. The first kappa shape index (κ1) is 41.4. The molecule has 0 aromatic heterocycles. The molecule has 1 N–H and O–H groups in total. The Bertz CT molecular complexity index is 1020. The Hall–Kier alpha value is -2.58. The van der Waals surface area contributed by atoms with Crippen LogP contribution in [0.5, 0.6) is 0 Å². The van der Waals surface area contributed by atoms with Crippen molar-refractivity contribution in [2.24, 2.45) is 0 Å². The molecule has 0 spiro atoms. The van der Waals surface area contributed by atoms with Crippen molar-refractivity contribution in [2.45, 2.75) is 17.7 Å². The largest absolute Gasteiger partial charge is 0.476 e. The van der Waals surface area contributed by atoms with Gasteiger partial charge in [0.25, 0.3) is 10.1 Å². The molecule has 0 aliphatic rings. The fourth-order valence-corrected chi connectivity index (χ4v) is 4.02. The zero-order valence-electron chi connectivity index (χ0n) is 26.0. The predicted octanol–water partition coefficient (Wildman–Crippen LogP) is 0.502. The number of hydrogen-bond donors (Lipinski definition) is 1. The number of carbonyl (C=O) groups excluding carboxylic acids is 2. The monoisotopic (exact) mass is 682 g/mol. The molecule has 0 heterocycles. The van der Waals surface area contributed by atoms with E-state index >= 15 is 0 Å². The molecule has 0 bridgehead atoms. The van der Waals surface area contributed by atoms with Crippen molar-refractivity contribution in [3.05, 3.63) is 30.3 Å². The number of aliphatic carboxylic acids is 1. The van der Waals surface area contributed by atoms with Gasteiger partial charge in [0.2, 0.25) is 5.78 Å². The van der Waals surface area contributed by atoms with E-state index in [1.165, 1.54) is 12.1 Å². The molecule has 0 radical (unpaired) electrons. The van der Waals surface area contributed by atoms with Gasteiger partial charge in [0, 0.05) is 6.42 Å². The highest BCUT2D eigenvalue weighted by Gasteiger charge is 2.15. The molecule has 1 aromatic rings. The maximum Gasteiger partial charge on any atom is 0.372 e. The standard InChI is InChI=1S/C29H46O16S/c30-27(29(32)33)6-7-28(31)44-24-22-42-20-18-40-16-14-38-12-10-36-8-9-37-11-13-39-15-17-41-19-21-43-23-25-45-46(34,35)26-4-2-1-3-5-26/h1-5H,6-25H2,(H,32,33). The minimum absolute atomic E-state index is 0.00386. The van der Waals surface area contributed by atoms with Crippen LogP contribution in [-0.4, -0.2) is 150 Å². The first-order chi connectivity index (χ1) is 22.3. The number of benzene rings is 1. The highest BCUT2D eigenvalue weighted by molar-refractivity contribution is 7.86. The van der Waals surface area contributed by atoms with Gasteiger partial charge in [-0.3, -0.25) is 13.8 Å². The molecular formula is C29H46O16S. The van der Waals surface area contributed by atoms with Crippen LogP contribution >= 0.6 is 0 Å². The lowest BCUT2D eigenvalue weighted by Crippen LogP contribution is -2.17. The Morgan fingerprint density at radius 1 is 0.500 bits per heavy atom. The third-order valence-corrected chi connectivity index (χ3v) is 6.71. The molecule has 0 aliphatic carbocycles. The van der Waals surface area contributed by atoms with Crippen molar-refractivity contribution in [3.63, 3.8) is 0 Å². The van der Waals surface area contributed by atoms with E-state index in [2.05, 4.69) is 0 Å². The summed E-state index contributed by atoms with van der Waals surface area (Å²) in [5, 5.41) is 8.43. The van der Waals surface area contributed by atoms with Crippen LogP contribution in [-0.2, 0) is 71.3 Å². The number of hydrogen-bond acceptors (Lipinski definition) is 15. The lowest BCUT2D eigenvalue weighted by molar-refractivity contribution is -0.151. The molecular weight excluding hydrogens is 636 g/mol. The number of rotatable bonds is 33. The van der Waals surface area contributed by atoms with Crippen molar-refractivity contribution in [2.75, 3.05) is 119 Å². The van der Waals surface area contributed by atoms with Crippen LogP contribution in [0, 0.1) is 0 Å². The van der Waals surface area contributed by atoms with Gasteiger partial charge < -0.3 is 47.7 Å². The van der Waals surface area contributed by atoms with Gasteiger partial charge >= 0.3 is 11.9 Å². The summed E-state index contributed by atoms with van der Waals surface area (Å²) in [7, 11) is -3.77. The minimum Gasteiger partial charge on any atom is -0.476 e. The molecule has 0 unspecified atom stereocenters. The van der Waals surface area contributed by atoms with E-state index in [1.807, 2.05) is 0 Å². The average molecular weight is 683 g/mol. The summed E-state index contributed by atoms with van der Waals surface area (Å²) in [6, 6.07) is 7.92. The van der Waals surface area contributed by atoms with Crippen LogP contribution < -0.4 is 0 Å². The first-order valence-corrected chi connectivity index (χ1v) is 16.2. The third-order valence-electron chi connectivity index (χ3n) is 5.39. The first-order valence-electron chi connectivity index (χ1n) is 14.8. The quantitative estimate of drug-likeness (QED) is 0.0465. The summed E-state index contributed by atoms with van der Waals surface area (Å²) < 4.78 is 76.6. The number of carboxylic acids is 1. The molecule has 0 saturated carbocycles. The summed E-state index contributed by atoms with van der Waals surface area (Å²) >= 11 is 0. The van der Waals surface area contributed by atoms with Crippen LogP contribution in [0.3, 0.4) is 0 Å². The van der Waals surface area contributed by atoms with E-state index in [4.69, 9.17) is 51.9 Å². The minimum atomic E-state index is -3.77. The van der Waals surface area contributed by atoms with E-state index in [1.54, 1.807) is 18.2 Å². The molecule has 0 saturated heterocycles. The maximum atomic E-state index is 12.0. The van der Waals surface area contributed by atoms with Crippen LogP contribution in [0.2, 0.25) is 0 Å². The number of Topliss-reactive ketones (excluding diaryl/α,β-unsaturated/α-hetero) is 1. The molecule has 0 amide bonds. The normalized spacial score (nSPS) is 11.5. The third kappa shape index (κ3) is 24.6. The van der Waals surface area contributed by atoms with Gasteiger partial charge in [-0.25, -0.2) is 4.79 Å². The molecule has 1 aromatic carbocycles. The summed E-state index contributed by atoms with van der Waals surface area (Å²) in [6.45, 7) is 5.67. The SMILES string of the molecule is O=C(CCC(=O)C(=O)O)OCCOCCOCCOCCOCCOCCOCCOCCOCCOS(=O)(=O)c1ccccc1. The Labute approximate surface area is 269 Å². The molecule has 0 aliphatic heterocycles. The fraction of sp³-hybridized carbons (Fsp3) is 0.690. The molecule has 0 atom stereocenters. The van der Waals surface area contributed by atoms with Gasteiger partial charge in [-0.2, -0.15) is 8.42 Å². The van der Waals surface area contributed by atoms with Crippen LogP contribution in [0.15, 0.2) is 35.2 Å². The van der Waals surface area contributed by atoms with Gasteiger partial charge in [-0.1, -0.05) is 18.2 Å². The van der Waals surface area contributed by atoms with E-state index in [9.17, 15) is 22.8 Å². The number of carboxylic acid groups (broad SMARTS) is 1. The van der Waals surface area contributed by atoms with E-state index in [0.717, 1.165) is 0 Å². The molecule has 17 heteroatoms. The molecule has 1 rings (SSSR count). The molecule has 264 valence electrons. The highest BCUT2D eigenvalue weighted by atomic mass is 32.2. The lowest BCUT2D eigenvalue weighted by Gasteiger charge is -2.09. The number of carbonyl (C=O) groups is 3. The number of ketones is 1. The van der Waals surface area contributed by atoms with E-state index < -0.39 is 34.3 Å². The summed E-state index contributed by atoms with van der Waals surface area (Å²) in [5.41, 5.74) is 0. The summed E-state index contributed by atoms with van der Waals surface area (Å²) in [4.78, 5) is 32.7. The fourth-order valence-electron chi connectivity index (χ4n) is 3.11. The van der Waals surface area contributed by atoms with E-state index in [0.29, 0.717) is 92.5 Å². The Morgan fingerprint density at radius 3 is 1.22 bits per heavy atom. The molecule has 16 nitrogen and oxygen atoms in total. The lowest BCUT2D eigenvalue weighted by atomic mass is 10.2. The molecule has 0 fully saturated rings. The smallest absolute Gasteiger partial charge is 0.372 e.